The standard InChI is InChI=1S/C25H46/c1-24(2,3)21-15-17-23(18-16-21)25(4,5)22-13-11-20(12-14-22)19-9-7-6-8-10-19/h19-23H,6-18H2,1-5H3. The van der Waals surface area contributed by atoms with Gasteiger partial charge in [0, 0.05) is 0 Å². The summed E-state index contributed by atoms with van der Waals surface area (Å²) in [6.07, 6.45) is 19.8. The molecule has 0 atom stereocenters. The third kappa shape index (κ3) is 4.65. The Hall–Kier alpha value is 0. The average Bonchev–Trinajstić information content (AvgIpc) is 2.62. The van der Waals surface area contributed by atoms with Gasteiger partial charge in [-0.3, -0.25) is 0 Å². The summed E-state index contributed by atoms with van der Waals surface area (Å²) in [5.41, 5.74) is 1.10. The Balaban J connectivity index is 1.50. The van der Waals surface area contributed by atoms with Crippen LogP contribution in [-0.2, 0) is 0 Å². The van der Waals surface area contributed by atoms with Crippen molar-refractivity contribution in [2.45, 2.75) is 118 Å². The molecule has 0 heteroatoms. The fourth-order valence-corrected chi connectivity index (χ4v) is 6.98. The Morgan fingerprint density at radius 2 is 0.840 bits per heavy atom. The molecule has 3 fully saturated rings. The summed E-state index contributed by atoms with van der Waals surface area (Å²) in [4.78, 5) is 0. The lowest BCUT2D eigenvalue weighted by Gasteiger charge is -2.49. The molecule has 0 nitrogen and oxygen atoms in total. The predicted molar refractivity (Wildman–Crippen MR) is 111 cm³/mol. The van der Waals surface area contributed by atoms with Crippen LogP contribution in [0, 0.1) is 40.4 Å². The predicted octanol–water partition coefficient (Wildman–Crippen LogP) is 8.25. The van der Waals surface area contributed by atoms with Crippen LogP contribution >= 0.6 is 0 Å². The molecule has 0 aromatic rings. The lowest BCUT2D eigenvalue weighted by molar-refractivity contribution is 0.0166. The maximum Gasteiger partial charge on any atom is -0.0298 e. The molecule has 0 amide bonds. The van der Waals surface area contributed by atoms with Crippen molar-refractivity contribution in [3.8, 4) is 0 Å². The molecular weight excluding hydrogens is 300 g/mol. The van der Waals surface area contributed by atoms with Crippen LogP contribution < -0.4 is 0 Å². The van der Waals surface area contributed by atoms with Crippen LogP contribution in [0.25, 0.3) is 0 Å². The van der Waals surface area contributed by atoms with E-state index in [4.69, 9.17) is 0 Å². The maximum atomic E-state index is 2.64. The van der Waals surface area contributed by atoms with Gasteiger partial charge in [-0.05, 0) is 91.8 Å². The van der Waals surface area contributed by atoms with Gasteiger partial charge in [-0.1, -0.05) is 66.7 Å². The summed E-state index contributed by atoms with van der Waals surface area (Å²) >= 11 is 0. The molecule has 0 saturated heterocycles. The maximum absolute atomic E-state index is 2.64. The van der Waals surface area contributed by atoms with Gasteiger partial charge in [0.25, 0.3) is 0 Å². The van der Waals surface area contributed by atoms with E-state index in [0.717, 1.165) is 29.6 Å². The van der Waals surface area contributed by atoms with E-state index < -0.39 is 0 Å². The monoisotopic (exact) mass is 346 g/mol. The Kier molecular flexibility index (Phi) is 6.27. The minimum absolute atomic E-state index is 0.521. The molecule has 0 aliphatic heterocycles. The van der Waals surface area contributed by atoms with Crippen molar-refractivity contribution in [1.29, 1.82) is 0 Å². The van der Waals surface area contributed by atoms with Crippen molar-refractivity contribution in [2.75, 3.05) is 0 Å². The van der Waals surface area contributed by atoms with Crippen molar-refractivity contribution in [2.24, 2.45) is 40.4 Å². The quantitative estimate of drug-likeness (QED) is 0.482. The van der Waals surface area contributed by atoms with Crippen LogP contribution in [-0.4, -0.2) is 0 Å². The fourth-order valence-electron chi connectivity index (χ4n) is 6.98. The minimum Gasteiger partial charge on any atom is -0.0599 e. The van der Waals surface area contributed by atoms with Crippen LogP contribution in [0.3, 0.4) is 0 Å². The first-order valence-electron chi connectivity index (χ1n) is 11.8. The molecule has 3 rings (SSSR count). The normalized spacial score (nSPS) is 36.4. The SMILES string of the molecule is CC(C)(C)C1CCC(C(C)(C)C2CCC(C3CCCCC3)CC2)CC1. The van der Waals surface area contributed by atoms with Crippen LogP contribution in [0.2, 0.25) is 0 Å². The zero-order chi connectivity index (χ0) is 18.1. The molecule has 0 spiro atoms. The molecule has 0 unspecified atom stereocenters. The second kappa shape index (κ2) is 7.93. The summed E-state index contributed by atoms with van der Waals surface area (Å²) in [7, 11) is 0. The lowest BCUT2D eigenvalue weighted by atomic mass is 9.57. The Bertz CT molecular complexity index is 390. The van der Waals surface area contributed by atoms with Crippen molar-refractivity contribution < 1.29 is 0 Å². The van der Waals surface area contributed by atoms with E-state index in [2.05, 4.69) is 34.6 Å². The summed E-state index contributed by atoms with van der Waals surface area (Å²) in [6.45, 7) is 12.6. The highest BCUT2D eigenvalue weighted by molar-refractivity contribution is 4.92. The molecule has 25 heavy (non-hydrogen) atoms. The second-order valence-electron chi connectivity index (χ2n) is 11.7. The van der Waals surface area contributed by atoms with E-state index in [9.17, 15) is 0 Å². The largest absolute Gasteiger partial charge is 0.0599 e. The molecule has 0 bridgehead atoms. The van der Waals surface area contributed by atoms with Gasteiger partial charge in [-0.15, -0.1) is 0 Å². The minimum atomic E-state index is 0.521. The Morgan fingerprint density at radius 1 is 0.440 bits per heavy atom. The van der Waals surface area contributed by atoms with Gasteiger partial charge < -0.3 is 0 Å². The van der Waals surface area contributed by atoms with Crippen molar-refractivity contribution in [1.82, 2.24) is 0 Å². The van der Waals surface area contributed by atoms with E-state index in [1.807, 2.05) is 0 Å². The zero-order valence-electron chi connectivity index (χ0n) is 18.1. The molecule has 0 aromatic heterocycles. The summed E-state index contributed by atoms with van der Waals surface area (Å²) in [6, 6.07) is 0. The topological polar surface area (TPSA) is 0 Å². The number of hydrogen-bond acceptors (Lipinski definition) is 0. The molecule has 3 saturated carbocycles. The molecular formula is C25H46. The van der Waals surface area contributed by atoms with Crippen LogP contribution in [0.1, 0.15) is 118 Å². The molecule has 0 N–H and O–H groups in total. The van der Waals surface area contributed by atoms with Crippen LogP contribution in [0.5, 0.6) is 0 Å². The van der Waals surface area contributed by atoms with E-state index in [1.165, 1.54) is 57.8 Å². The number of rotatable bonds is 3. The third-order valence-corrected chi connectivity index (χ3v) is 9.14. The molecule has 3 aliphatic rings. The van der Waals surface area contributed by atoms with E-state index in [1.54, 1.807) is 25.7 Å². The van der Waals surface area contributed by atoms with Gasteiger partial charge >= 0.3 is 0 Å². The smallest absolute Gasteiger partial charge is 0.0298 e. The van der Waals surface area contributed by atoms with E-state index in [0.29, 0.717) is 10.8 Å². The lowest BCUT2D eigenvalue weighted by Crippen LogP contribution is -2.39. The number of hydrogen-bond donors (Lipinski definition) is 0. The summed E-state index contributed by atoms with van der Waals surface area (Å²) in [5, 5.41) is 0. The molecule has 0 radical (unpaired) electrons. The molecule has 146 valence electrons. The van der Waals surface area contributed by atoms with Crippen molar-refractivity contribution in [3.05, 3.63) is 0 Å². The molecule has 0 aromatic carbocycles. The van der Waals surface area contributed by atoms with Crippen LogP contribution in [0.15, 0.2) is 0 Å². The highest BCUT2D eigenvalue weighted by Gasteiger charge is 2.42. The summed E-state index contributed by atoms with van der Waals surface area (Å²) in [5.74, 6) is 5.14. The molecule has 0 heterocycles. The van der Waals surface area contributed by atoms with Gasteiger partial charge in [-0.25, -0.2) is 0 Å². The van der Waals surface area contributed by atoms with Crippen LogP contribution in [0.4, 0.5) is 0 Å². The Morgan fingerprint density at radius 3 is 1.32 bits per heavy atom. The highest BCUT2D eigenvalue weighted by atomic mass is 14.5. The summed E-state index contributed by atoms with van der Waals surface area (Å²) < 4.78 is 0. The van der Waals surface area contributed by atoms with Gasteiger partial charge in [0.2, 0.25) is 0 Å². The van der Waals surface area contributed by atoms with E-state index in [-0.39, 0.29) is 0 Å². The van der Waals surface area contributed by atoms with Gasteiger partial charge in [-0.2, -0.15) is 0 Å². The van der Waals surface area contributed by atoms with Gasteiger partial charge in [0.1, 0.15) is 0 Å². The highest BCUT2D eigenvalue weighted by Crippen LogP contribution is 2.52. The molecule has 3 aliphatic carbocycles. The van der Waals surface area contributed by atoms with Gasteiger partial charge in [0.05, 0.1) is 0 Å². The van der Waals surface area contributed by atoms with E-state index >= 15 is 0 Å². The first-order chi connectivity index (χ1) is 11.8. The van der Waals surface area contributed by atoms with Gasteiger partial charge in [0.15, 0.2) is 0 Å². The Labute approximate surface area is 158 Å². The fraction of sp³-hybridized carbons (Fsp3) is 1.00. The first-order valence-corrected chi connectivity index (χ1v) is 11.8. The zero-order valence-corrected chi connectivity index (χ0v) is 18.1. The first kappa shape index (κ1) is 19.8. The van der Waals surface area contributed by atoms with Crippen molar-refractivity contribution >= 4 is 0 Å². The van der Waals surface area contributed by atoms with Crippen molar-refractivity contribution in [3.63, 3.8) is 0 Å². The third-order valence-electron chi connectivity index (χ3n) is 9.14. The average molecular weight is 347 g/mol. The second-order valence-corrected chi connectivity index (χ2v) is 11.7.